The Morgan fingerprint density at radius 3 is 2.42 bits per heavy atom. The molecular weight excluding hydrogens is 312 g/mol. The molecule has 1 fully saturated rings. The van der Waals surface area contributed by atoms with Crippen LogP contribution in [-0.2, 0) is 9.53 Å². The number of aryl methyl sites for hydroxylation is 1. The van der Waals surface area contributed by atoms with Gasteiger partial charge in [-0.25, -0.2) is 4.79 Å². The van der Waals surface area contributed by atoms with Crippen molar-refractivity contribution in [1.29, 1.82) is 0 Å². The number of amides is 1. The van der Waals surface area contributed by atoms with E-state index in [9.17, 15) is 19.7 Å². The molecule has 0 N–H and O–H groups in total. The van der Waals surface area contributed by atoms with Gasteiger partial charge in [0.15, 0.2) is 6.10 Å². The first-order valence-corrected chi connectivity index (χ1v) is 8.15. The predicted molar refractivity (Wildman–Crippen MR) is 87.8 cm³/mol. The molecule has 7 heteroatoms. The van der Waals surface area contributed by atoms with Gasteiger partial charge in [-0.05, 0) is 32.3 Å². The average molecular weight is 334 g/mol. The molecule has 0 radical (unpaired) electrons. The lowest BCUT2D eigenvalue weighted by molar-refractivity contribution is -0.385. The summed E-state index contributed by atoms with van der Waals surface area (Å²) < 4.78 is 5.23. The first-order chi connectivity index (χ1) is 11.4. The Morgan fingerprint density at radius 1 is 1.21 bits per heavy atom. The molecule has 1 heterocycles. The van der Waals surface area contributed by atoms with E-state index in [1.165, 1.54) is 19.1 Å². The second-order valence-electron chi connectivity index (χ2n) is 6.01. The molecule has 1 aromatic carbocycles. The minimum atomic E-state index is -0.963. The summed E-state index contributed by atoms with van der Waals surface area (Å²) in [6, 6.07) is 4.37. The second kappa shape index (κ2) is 7.90. The molecule has 2 rings (SSSR count). The largest absolute Gasteiger partial charge is 0.449 e. The Balaban J connectivity index is 2.11. The van der Waals surface area contributed by atoms with Crippen LogP contribution in [0.25, 0.3) is 0 Å². The number of carbonyl (C=O) groups is 2. The van der Waals surface area contributed by atoms with Crippen molar-refractivity contribution >= 4 is 17.6 Å². The second-order valence-corrected chi connectivity index (χ2v) is 6.01. The third kappa shape index (κ3) is 4.10. The Kier molecular flexibility index (Phi) is 5.89. The number of nitro benzene ring substituents is 1. The molecule has 1 aliphatic rings. The molecule has 0 saturated carbocycles. The van der Waals surface area contributed by atoms with Gasteiger partial charge in [0.1, 0.15) is 5.56 Å². The fourth-order valence-electron chi connectivity index (χ4n) is 2.89. The summed E-state index contributed by atoms with van der Waals surface area (Å²) in [6.45, 7) is 4.43. The van der Waals surface area contributed by atoms with Gasteiger partial charge in [-0.2, -0.15) is 0 Å². The highest BCUT2D eigenvalue weighted by Gasteiger charge is 2.29. The summed E-state index contributed by atoms with van der Waals surface area (Å²) in [4.78, 5) is 37.0. The smallest absolute Gasteiger partial charge is 0.346 e. The number of carbonyl (C=O) groups excluding carboxylic acids is 2. The number of esters is 1. The number of likely N-dealkylation sites (tertiary alicyclic amines) is 1. The van der Waals surface area contributed by atoms with Crippen LogP contribution < -0.4 is 0 Å². The van der Waals surface area contributed by atoms with Crippen LogP contribution in [0, 0.1) is 17.0 Å². The molecule has 7 nitrogen and oxygen atoms in total. The van der Waals surface area contributed by atoms with Gasteiger partial charge in [0.25, 0.3) is 11.6 Å². The first kappa shape index (κ1) is 17.9. The summed E-state index contributed by atoms with van der Waals surface area (Å²) in [5.74, 6) is -1.09. The van der Waals surface area contributed by atoms with E-state index in [1.807, 2.05) is 0 Å². The van der Waals surface area contributed by atoms with Crippen molar-refractivity contribution in [2.75, 3.05) is 13.1 Å². The summed E-state index contributed by atoms with van der Waals surface area (Å²) in [6.07, 6.45) is 3.10. The molecule has 0 spiro atoms. The zero-order valence-corrected chi connectivity index (χ0v) is 14.0. The van der Waals surface area contributed by atoms with Crippen molar-refractivity contribution in [3.63, 3.8) is 0 Å². The third-order valence-corrected chi connectivity index (χ3v) is 4.20. The third-order valence-electron chi connectivity index (χ3n) is 4.20. The molecule has 24 heavy (non-hydrogen) atoms. The molecule has 1 aromatic rings. The fraction of sp³-hybridized carbons (Fsp3) is 0.529. The summed E-state index contributed by atoms with van der Waals surface area (Å²) >= 11 is 0. The number of rotatable bonds is 4. The maximum atomic E-state index is 12.4. The molecule has 1 amide bonds. The Morgan fingerprint density at radius 2 is 1.83 bits per heavy atom. The number of nitro groups is 1. The zero-order chi connectivity index (χ0) is 17.7. The highest BCUT2D eigenvalue weighted by atomic mass is 16.6. The van der Waals surface area contributed by atoms with Crippen molar-refractivity contribution in [3.05, 3.63) is 39.4 Å². The number of hydrogen-bond acceptors (Lipinski definition) is 5. The Labute approximate surface area is 140 Å². The lowest BCUT2D eigenvalue weighted by Crippen LogP contribution is -2.40. The standard InChI is InChI=1S/C17H22N2O5/c1-12-8-7-9-14(19(22)23)15(12)17(21)24-13(2)16(20)18-10-5-3-4-6-11-18/h7-9,13H,3-6,10-11H2,1-2H3. The number of benzene rings is 1. The monoisotopic (exact) mass is 334 g/mol. The minimum Gasteiger partial charge on any atom is -0.449 e. The quantitative estimate of drug-likeness (QED) is 0.480. The van der Waals surface area contributed by atoms with Crippen molar-refractivity contribution < 1.29 is 19.2 Å². The van der Waals surface area contributed by atoms with Gasteiger partial charge in [0, 0.05) is 19.2 Å². The number of nitrogens with zero attached hydrogens (tertiary/aromatic N) is 2. The van der Waals surface area contributed by atoms with Gasteiger partial charge in [-0.15, -0.1) is 0 Å². The molecule has 0 aromatic heterocycles. The SMILES string of the molecule is Cc1cccc([N+](=O)[O-])c1C(=O)OC(C)C(=O)N1CCCCCC1. The van der Waals surface area contributed by atoms with Gasteiger partial charge in [-0.3, -0.25) is 14.9 Å². The van der Waals surface area contributed by atoms with Crippen LogP contribution >= 0.6 is 0 Å². The van der Waals surface area contributed by atoms with Gasteiger partial charge < -0.3 is 9.64 Å². The van der Waals surface area contributed by atoms with E-state index < -0.39 is 17.0 Å². The van der Waals surface area contributed by atoms with E-state index >= 15 is 0 Å². The van der Waals surface area contributed by atoms with Crippen molar-refractivity contribution in [1.82, 2.24) is 4.90 Å². The Hall–Kier alpha value is -2.44. The molecule has 1 aliphatic heterocycles. The molecule has 1 unspecified atom stereocenters. The average Bonchev–Trinajstić information content (AvgIpc) is 2.82. The lowest BCUT2D eigenvalue weighted by Gasteiger charge is -2.24. The predicted octanol–water partition coefficient (Wildman–Crippen LogP) is 2.85. The van der Waals surface area contributed by atoms with E-state index in [-0.39, 0.29) is 17.2 Å². The summed E-state index contributed by atoms with van der Waals surface area (Å²) in [7, 11) is 0. The topological polar surface area (TPSA) is 89.7 Å². The summed E-state index contributed by atoms with van der Waals surface area (Å²) in [5.41, 5.74) is 0.0380. The van der Waals surface area contributed by atoms with Gasteiger partial charge >= 0.3 is 5.97 Å². The molecule has 130 valence electrons. The van der Waals surface area contributed by atoms with E-state index in [4.69, 9.17) is 4.74 Å². The first-order valence-electron chi connectivity index (χ1n) is 8.15. The van der Waals surface area contributed by atoms with Crippen LogP contribution in [0.3, 0.4) is 0 Å². The highest BCUT2D eigenvalue weighted by Crippen LogP contribution is 2.23. The van der Waals surface area contributed by atoms with E-state index in [0.717, 1.165) is 25.7 Å². The molecule has 1 atom stereocenters. The molecule has 0 aliphatic carbocycles. The van der Waals surface area contributed by atoms with Gasteiger partial charge in [-0.1, -0.05) is 25.0 Å². The lowest BCUT2D eigenvalue weighted by atomic mass is 10.1. The molecule has 1 saturated heterocycles. The van der Waals surface area contributed by atoms with Crippen molar-refractivity contribution in [3.8, 4) is 0 Å². The van der Waals surface area contributed by atoms with Gasteiger partial charge in [0.05, 0.1) is 4.92 Å². The number of hydrogen-bond donors (Lipinski definition) is 0. The van der Waals surface area contributed by atoms with Crippen LogP contribution in [0.1, 0.15) is 48.5 Å². The summed E-state index contributed by atoms with van der Waals surface area (Å²) in [5, 5.41) is 11.1. The van der Waals surface area contributed by atoms with Crippen LogP contribution in [0.2, 0.25) is 0 Å². The maximum Gasteiger partial charge on any atom is 0.346 e. The highest BCUT2D eigenvalue weighted by molar-refractivity contribution is 5.97. The van der Waals surface area contributed by atoms with Crippen LogP contribution in [0.5, 0.6) is 0 Å². The van der Waals surface area contributed by atoms with Crippen LogP contribution in [0.4, 0.5) is 5.69 Å². The molecular formula is C17H22N2O5. The van der Waals surface area contributed by atoms with Crippen LogP contribution in [0.15, 0.2) is 18.2 Å². The zero-order valence-electron chi connectivity index (χ0n) is 14.0. The van der Waals surface area contributed by atoms with Gasteiger partial charge in [0.2, 0.25) is 0 Å². The molecule has 0 bridgehead atoms. The van der Waals surface area contributed by atoms with Crippen molar-refractivity contribution in [2.45, 2.75) is 45.6 Å². The normalized spacial score (nSPS) is 16.2. The van der Waals surface area contributed by atoms with E-state index in [0.29, 0.717) is 18.7 Å². The number of ether oxygens (including phenoxy) is 1. The van der Waals surface area contributed by atoms with E-state index in [1.54, 1.807) is 17.9 Å². The maximum absolute atomic E-state index is 12.4. The van der Waals surface area contributed by atoms with Crippen molar-refractivity contribution in [2.24, 2.45) is 0 Å². The van der Waals surface area contributed by atoms with E-state index in [2.05, 4.69) is 0 Å². The minimum absolute atomic E-state index is 0.0991. The fourth-order valence-corrected chi connectivity index (χ4v) is 2.89. The Bertz CT molecular complexity index is 636. The van der Waals surface area contributed by atoms with Crippen LogP contribution in [-0.4, -0.2) is 40.9 Å².